The zero-order chi connectivity index (χ0) is 19.4. The van der Waals surface area contributed by atoms with Crippen LogP contribution >= 0.6 is 15.9 Å². The molecule has 1 saturated carbocycles. The summed E-state index contributed by atoms with van der Waals surface area (Å²) >= 11 is 3.31. The Hall–Kier alpha value is -2.41. The van der Waals surface area contributed by atoms with Gasteiger partial charge in [-0.3, -0.25) is 9.59 Å². The molecule has 142 valence electrons. The summed E-state index contributed by atoms with van der Waals surface area (Å²) in [5.41, 5.74) is 1.08. The summed E-state index contributed by atoms with van der Waals surface area (Å²) in [5.74, 6) is 0.395. The number of methoxy groups -OCH3 is 1. The van der Waals surface area contributed by atoms with Crippen molar-refractivity contribution >= 4 is 27.6 Å². The third-order valence-corrected chi connectivity index (χ3v) is 5.02. The van der Waals surface area contributed by atoms with E-state index < -0.39 is 6.04 Å². The molecule has 0 saturated heterocycles. The Morgan fingerprint density at radius 3 is 2.70 bits per heavy atom. The zero-order valence-corrected chi connectivity index (χ0v) is 16.9. The van der Waals surface area contributed by atoms with Gasteiger partial charge in [-0.05, 0) is 34.3 Å². The minimum absolute atomic E-state index is 0.0829. The molecule has 1 amide bonds. The Morgan fingerprint density at radius 2 is 2.07 bits per heavy atom. The first kappa shape index (κ1) is 19.4. The van der Waals surface area contributed by atoms with E-state index in [2.05, 4.69) is 20.9 Å². The number of aromatic nitrogens is 1. The molecule has 0 bridgehead atoms. The molecule has 1 unspecified atom stereocenters. The van der Waals surface area contributed by atoms with Gasteiger partial charge in [-0.15, -0.1) is 0 Å². The van der Waals surface area contributed by atoms with Gasteiger partial charge in [-0.1, -0.05) is 30.3 Å². The van der Waals surface area contributed by atoms with Gasteiger partial charge in [-0.25, -0.2) is 4.98 Å². The van der Waals surface area contributed by atoms with Gasteiger partial charge in [0.25, 0.3) is 5.91 Å². The van der Waals surface area contributed by atoms with Gasteiger partial charge in [0.2, 0.25) is 0 Å². The van der Waals surface area contributed by atoms with Crippen LogP contribution in [0.25, 0.3) is 0 Å². The lowest BCUT2D eigenvalue weighted by atomic mass is 10.2. The van der Waals surface area contributed by atoms with E-state index in [1.165, 1.54) is 12.0 Å². The Balaban J connectivity index is 1.91. The van der Waals surface area contributed by atoms with Gasteiger partial charge < -0.3 is 14.4 Å². The van der Waals surface area contributed by atoms with Gasteiger partial charge in [0.15, 0.2) is 23.0 Å². The van der Waals surface area contributed by atoms with E-state index in [9.17, 15) is 9.59 Å². The van der Waals surface area contributed by atoms with Crippen LogP contribution in [-0.2, 0) is 11.4 Å². The van der Waals surface area contributed by atoms with E-state index in [0.29, 0.717) is 23.2 Å². The summed E-state index contributed by atoms with van der Waals surface area (Å²) in [4.78, 5) is 30.9. The summed E-state index contributed by atoms with van der Waals surface area (Å²) in [7, 11) is 3.14. The van der Waals surface area contributed by atoms with Gasteiger partial charge >= 0.3 is 0 Å². The fourth-order valence-electron chi connectivity index (χ4n) is 3.16. The van der Waals surface area contributed by atoms with Crippen LogP contribution < -0.4 is 9.47 Å². The summed E-state index contributed by atoms with van der Waals surface area (Å²) in [6.07, 6.45) is 1.98. The zero-order valence-electron chi connectivity index (χ0n) is 15.3. The van der Waals surface area contributed by atoms with Crippen LogP contribution in [0.3, 0.4) is 0 Å². The van der Waals surface area contributed by atoms with Crippen molar-refractivity contribution in [2.45, 2.75) is 31.9 Å². The topological polar surface area (TPSA) is 68.7 Å². The molecule has 2 aromatic rings. The lowest BCUT2D eigenvalue weighted by Crippen LogP contribution is -2.40. The van der Waals surface area contributed by atoms with Gasteiger partial charge in [-0.2, -0.15) is 0 Å². The molecule has 27 heavy (non-hydrogen) atoms. The molecular formula is C20H21BrN2O4. The molecule has 7 heteroatoms. The van der Waals surface area contributed by atoms with E-state index in [4.69, 9.17) is 9.47 Å². The van der Waals surface area contributed by atoms with Crippen LogP contribution in [0.2, 0.25) is 0 Å². The summed E-state index contributed by atoms with van der Waals surface area (Å²) in [6, 6.07) is 10.9. The SMILES string of the molecule is COc1cc(Br)nc(C(=O)N(C)C2CCCC2=O)c1OCc1ccccc1. The number of nitrogens with zero attached hydrogens (tertiary/aromatic N) is 2. The van der Waals surface area contributed by atoms with Crippen LogP contribution in [0.15, 0.2) is 41.0 Å². The molecular weight excluding hydrogens is 412 g/mol. The molecule has 0 aliphatic heterocycles. The fourth-order valence-corrected chi connectivity index (χ4v) is 3.55. The second kappa shape index (κ2) is 8.52. The molecule has 0 radical (unpaired) electrons. The third kappa shape index (κ3) is 4.30. The van der Waals surface area contributed by atoms with E-state index in [0.717, 1.165) is 12.0 Å². The van der Waals surface area contributed by atoms with Crippen molar-refractivity contribution in [3.63, 3.8) is 0 Å². The molecule has 0 spiro atoms. The first-order chi connectivity index (χ1) is 13.0. The molecule has 1 aliphatic rings. The predicted octanol–water partition coefficient (Wildman–Crippen LogP) is 3.63. The van der Waals surface area contributed by atoms with Crippen molar-refractivity contribution in [3.05, 3.63) is 52.3 Å². The number of hydrogen-bond acceptors (Lipinski definition) is 5. The highest BCUT2D eigenvalue weighted by Crippen LogP contribution is 2.34. The molecule has 1 fully saturated rings. The van der Waals surface area contributed by atoms with Crippen LogP contribution in [0.4, 0.5) is 0 Å². The highest BCUT2D eigenvalue weighted by atomic mass is 79.9. The molecule has 3 rings (SSSR count). The Bertz CT molecular complexity index is 841. The van der Waals surface area contributed by atoms with Crippen molar-refractivity contribution in [3.8, 4) is 11.5 Å². The van der Waals surface area contributed by atoms with Crippen molar-refractivity contribution in [1.82, 2.24) is 9.88 Å². The number of carbonyl (C=O) groups excluding carboxylic acids is 2. The molecule has 1 atom stereocenters. The maximum absolute atomic E-state index is 13.1. The van der Waals surface area contributed by atoms with Crippen LogP contribution in [0.5, 0.6) is 11.5 Å². The number of Topliss-reactive ketones (excluding diaryl/α,β-unsaturated/α-hetero) is 1. The third-order valence-electron chi connectivity index (χ3n) is 4.62. The summed E-state index contributed by atoms with van der Waals surface area (Å²) < 4.78 is 11.8. The second-order valence-electron chi connectivity index (χ2n) is 6.39. The highest BCUT2D eigenvalue weighted by Gasteiger charge is 2.33. The first-order valence-electron chi connectivity index (χ1n) is 8.72. The average Bonchev–Trinajstić information content (AvgIpc) is 3.11. The fraction of sp³-hybridized carbons (Fsp3) is 0.350. The first-order valence-corrected chi connectivity index (χ1v) is 9.51. The number of benzene rings is 1. The van der Waals surface area contributed by atoms with Gasteiger partial charge in [0.05, 0.1) is 13.2 Å². The quantitative estimate of drug-likeness (QED) is 0.651. The predicted molar refractivity (Wildman–Crippen MR) is 104 cm³/mol. The van der Waals surface area contributed by atoms with Crippen LogP contribution in [-0.4, -0.2) is 41.8 Å². The molecule has 1 aromatic carbocycles. The molecule has 1 aliphatic carbocycles. The lowest BCUT2D eigenvalue weighted by Gasteiger charge is -2.24. The normalized spacial score (nSPS) is 16.3. The largest absolute Gasteiger partial charge is 0.493 e. The Morgan fingerprint density at radius 1 is 1.33 bits per heavy atom. The summed E-state index contributed by atoms with van der Waals surface area (Å²) in [6.45, 7) is 0.271. The minimum Gasteiger partial charge on any atom is -0.493 e. The van der Waals surface area contributed by atoms with Crippen molar-refractivity contribution in [2.24, 2.45) is 0 Å². The number of pyridine rings is 1. The average molecular weight is 433 g/mol. The smallest absolute Gasteiger partial charge is 0.276 e. The molecule has 1 heterocycles. The van der Waals surface area contributed by atoms with E-state index in [1.54, 1.807) is 13.1 Å². The number of hydrogen-bond donors (Lipinski definition) is 0. The van der Waals surface area contributed by atoms with Crippen molar-refractivity contribution in [1.29, 1.82) is 0 Å². The Labute approximate surface area is 166 Å². The number of ketones is 1. The minimum atomic E-state index is -0.411. The standard InChI is InChI=1S/C20H21BrN2O4/c1-23(14-9-6-10-15(14)24)20(25)18-19(16(26-2)11-17(21)22-18)27-12-13-7-4-3-5-8-13/h3-5,7-8,11,14H,6,9-10,12H2,1-2H3. The lowest BCUT2D eigenvalue weighted by molar-refractivity contribution is -0.120. The van der Waals surface area contributed by atoms with Crippen molar-refractivity contribution < 1.29 is 19.1 Å². The van der Waals surface area contributed by atoms with Crippen LogP contribution in [0.1, 0.15) is 35.3 Å². The maximum atomic E-state index is 13.1. The van der Waals surface area contributed by atoms with E-state index >= 15 is 0 Å². The number of rotatable bonds is 6. The number of halogens is 1. The molecule has 1 aromatic heterocycles. The Kier molecular flexibility index (Phi) is 6.11. The maximum Gasteiger partial charge on any atom is 0.276 e. The number of amides is 1. The van der Waals surface area contributed by atoms with Gasteiger partial charge in [0.1, 0.15) is 11.2 Å². The van der Waals surface area contributed by atoms with Crippen LogP contribution in [0, 0.1) is 0 Å². The van der Waals surface area contributed by atoms with E-state index in [-0.39, 0.29) is 29.7 Å². The number of likely N-dealkylation sites (N-methyl/N-ethyl adjacent to an activating group) is 1. The van der Waals surface area contributed by atoms with Crippen molar-refractivity contribution in [2.75, 3.05) is 14.2 Å². The molecule has 0 N–H and O–H groups in total. The second-order valence-corrected chi connectivity index (χ2v) is 7.20. The van der Waals surface area contributed by atoms with Gasteiger partial charge in [0, 0.05) is 19.5 Å². The number of carbonyl (C=O) groups is 2. The monoisotopic (exact) mass is 432 g/mol. The van der Waals surface area contributed by atoms with E-state index in [1.807, 2.05) is 30.3 Å². The summed E-state index contributed by atoms with van der Waals surface area (Å²) in [5, 5.41) is 0. The molecule has 6 nitrogen and oxygen atoms in total. The number of ether oxygens (including phenoxy) is 2. The highest BCUT2D eigenvalue weighted by molar-refractivity contribution is 9.10.